The summed E-state index contributed by atoms with van der Waals surface area (Å²) in [6.45, 7) is 6.03. The Morgan fingerprint density at radius 1 is 1.11 bits per heavy atom. The monoisotopic (exact) mass is 267 g/mol. The summed E-state index contributed by atoms with van der Waals surface area (Å²) in [7, 11) is 0. The summed E-state index contributed by atoms with van der Waals surface area (Å²) in [5.74, 6) is 0. The van der Waals surface area contributed by atoms with Crippen molar-refractivity contribution in [1.29, 1.82) is 0 Å². The van der Waals surface area contributed by atoms with Crippen molar-refractivity contribution in [1.82, 2.24) is 5.32 Å². The van der Waals surface area contributed by atoms with Gasteiger partial charge in [-0.2, -0.15) is 0 Å². The Kier molecular flexibility index (Phi) is 8.41. The lowest BCUT2D eigenvalue weighted by molar-refractivity contribution is -0.138. The highest BCUT2D eigenvalue weighted by Gasteiger charge is 2.11. The Balaban J connectivity index is 2.37. The van der Waals surface area contributed by atoms with Crippen LogP contribution in [0.15, 0.2) is 30.3 Å². The van der Waals surface area contributed by atoms with E-state index in [0.29, 0.717) is 13.2 Å². The molecule has 4 heteroatoms. The van der Waals surface area contributed by atoms with E-state index in [9.17, 15) is 5.11 Å². The van der Waals surface area contributed by atoms with Gasteiger partial charge in [-0.1, -0.05) is 30.3 Å². The summed E-state index contributed by atoms with van der Waals surface area (Å²) in [4.78, 5) is 0. The van der Waals surface area contributed by atoms with Gasteiger partial charge in [-0.15, -0.1) is 0 Å². The third-order valence-corrected chi connectivity index (χ3v) is 2.86. The molecule has 0 aromatic heterocycles. The first-order valence-corrected chi connectivity index (χ1v) is 6.94. The molecule has 19 heavy (non-hydrogen) atoms. The molecule has 1 aromatic rings. The zero-order valence-corrected chi connectivity index (χ0v) is 11.8. The molecule has 108 valence electrons. The summed E-state index contributed by atoms with van der Waals surface area (Å²) >= 11 is 0. The Labute approximate surface area is 115 Å². The first-order chi connectivity index (χ1) is 9.31. The minimum absolute atomic E-state index is 0.0369. The Bertz CT molecular complexity index is 312. The van der Waals surface area contributed by atoms with Gasteiger partial charge in [0, 0.05) is 26.2 Å². The van der Waals surface area contributed by atoms with E-state index in [1.807, 2.05) is 44.2 Å². The van der Waals surface area contributed by atoms with Gasteiger partial charge in [0.1, 0.15) is 0 Å². The molecule has 0 bridgehead atoms. The van der Waals surface area contributed by atoms with Gasteiger partial charge in [-0.25, -0.2) is 0 Å². The fraction of sp³-hybridized carbons (Fsp3) is 0.600. The lowest BCUT2D eigenvalue weighted by atomic mass is 10.1. The second kappa shape index (κ2) is 9.92. The summed E-state index contributed by atoms with van der Waals surface area (Å²) < 4.78 is 11.0. The van der Waals surface area contributed by atoms with Crippen LogP contribution in [0.5, 0.6) is 0 Å². The van der Waals surface area contributed by atoms with Gasteiger partial charge in [-0.05, 0) is 19.4 Å². The molecular weight excluding hydrogens is 242 g/mol. The summed E-state index contributed by atoms with van der Waals surface area (Å²) in [5, 5.41) is 12.7. The highest BCUT2D eigenvalue weighted by atomic mass is 16.7. The number of ether oxygens (including phenoxy) is 2. The van der Waals surface area contributed by atoms with Crippen LogP contribution in [0.2, 0.25) is 0 Å². The van der Waals surface area contributed by atoms with Crippen molar-refractivity contribution in [2.24, 2.45) is 0 Å². The van der Waals surface area contributed by atoms with Crippen LogP contribution in [0.4, 0.5) is 0 Å². The van der Waals surface area contributed by atoms with Gasteiger partial charge >= 0.3 is 0 Å². The Hall–Kier alpha value is -0.940. The number of hydrogen-bond donors (Lipinski definition) is 2. The molecular formula is C15H25NO3. The van der Waals surface area contributed by atoms with Crippen molar-refractivity contribution in [2.75, 3.05) is 26.4 Å². The van der Waals surface area contributed by atoms with Gasteiger partial charge in [0.25, 0.3) is 0 Å². The number of nitrogens with one attached hydrogen (secondary N) is 1. The minimum Gasteiger partial charge on any atom is -0.394 e. The Morgan fingerprint density at radius 2 is 1.74 bits per heavy atom. The molecule has 2 N–H and O–H groups in total. The van der Waals surface area contributed by atoms with Crippen molar-refractivity contribution in [3.8, 4) is 0 Å². The van der Waals surface area contributed by atoms with Crippen molar-refractivity contribution in [2.45, 2.75) is 32.6 Å². The standard InChI is InChI=1S/C15H25NO3/c1-3-18-15(19-4-2)10-11-16-14(12-17)13-8-6-5-7-9-13/h5-9,14-17H,3-4,10-12H2,1-2H3. The molecule has 1 rings (SSSR count). The van der Waals surface area contributed by atoms with E-state index in [1.165, 1.54) is 0 Å². The van der Waals surface area contributed by atoms with Gasteiger partial charge in [0.2, 0.25) is 0 Å². The molecule has 1 atom stereocenters. The molecule has 0 aliphatic heterocycles. The average molecular weight is 267 g/mol. The second-order valence-electron chi connectivity index (χ2n) is 4.23. The van der Waals surface area contributed by atoms with Crippen LogP contribution >= 0.6 is 0 Å². The van der Waals surface area contributed by atoms with Crippen LogP contribution in [-0.4, -0.2) is 37.8 Å². The molecule has 0 fully saturated rings. The molecule has 0 saturated carbocycles. The normalized spacial score (nSPS) is 12.8. The molecule has 1 unspecified atom stereocenters. The first kappa shape index (κ1) is 16.1. The number of aliphatic hydroxyl groups excluding tert-OH is 1. The summed E-state index contributed by atoms with van der Waals surface area (Å²) in [6, 6.07) is 9.90. The van der Waals surface area contributed by atoms with Gasteiger partial charge in [-0.3, -0.25) is 0 Å². The van der Waals surface area contributed by atoms with Crippen LogP contribution in [0, 0.1) is 0 Å². The maximum absolute atomic E-state index is 9.43. The van der Waals surface area contributed by atoms with Gasteiger partial charge < -0.3 is 19.9 Å². The van der Waals surface area contributed by atoms with Crippen molar-refractivity contribution >= 4 is 0 Å². The third kappa shape index (κ3) is 6.16. The maximum Gasteiger partial charge on any atom is 0.158 e. The quantitative estimate of drug-likeness (QED) is 0.637. The van der Waals surface area contributed by atoms with E-state index < -0.39 is 0 Å². The van der Waals surface area contributed by atoms with Crippen LogP contribution in [0.1, 0.15) is 31.9 Å². The van der Waals surface area contributed by atoms with E-state index in [0.717, 1.165) is 18.5 Å². The van der Waals surface area contributed by atoms with E-state index in [4.69, 9.17) is 9.47 Å². The highest BCUT2D eigenvalue weighted by Crippen LogP contribution is 2.11. The first-order valence-electron chi connectivity index (χ1n) is 6.94. The minimum atomic E-state index is -0.169. The molecule has 0 spiro atoms. The van der Waals surface area contributed by atoms with E-state index in [-0.39, 0.29) is 18.9 Å². The van der Waals surface area contributed by atoms with Crippen LogP contribution in [-0.2, 0) is 9.47 Å². The highest BCUT2D eigenvalue weighted by molar-refractivity contribution is 5.18. The third-order valence-electron chi connectivity index (χ3n) is 2.86. The predicted molar refractivity (Wildman–Crippen MR) is 75.9 cm³/mol. The van der Waals surface area contributed by atoms with E-state index >= 15 is 0 Å². The molecule has 4 nitrogen and oxygen atoms in total. The zero-order chi connectivity index (χ0) is 13.9. The predicted octanol–water partition coefficient (Wildman–Crippen LogP) is 2.10. The lowest BCUT2D eigenvalue weighted by Crippen LogP contribution is -2.29. The fourth-order valence-corrected chi connectivity index (χ4v) is 1.94. The molecule has 0 heterocycles. The molecule has 0 aliphatic rings. The SMILES string of the molecule is CCOC(CCNC(CO)c1ccccc1)OCC. The number of hydrogen-bond acceptors (Lipinski definition) is 4. The topological polar surface area (TPSA) is 50.7 Å². The van der Waals surface area contributed by atoms with Crippen LogP contribution < -0.4 is 5.32 Å². The second-order valence-corrected chi connectivity index (χ2v) is 4.23. The van der Waals surface area contributed by atoms with E-state index in [2.05, 4.69) is 5.32 Å². The fourth-order valence-electron chi connectivity index (χ4n) is 1.94. The largest absolute Gasteiger partial charge is 0.394 e. The lowest BCUT2D eigenvalue weighted by Gasteiger charge is -2.20. The molecule has 0 saturated heterocycles. The molecule has 0 radical (unpaired) electrons. The molecule has 0 amide bonds. The zero-order valence-electron chi connectivity index (χ0n) is 11.8. The number of aliphatic hydroxyl groups is 1. The number of benzene rings is 1. The van der Waals surface area contributed by atoms with Crippen molar-refractivity contribution in [3.05, 3.63) is 35.9 Å². The summed E-state index contributed by atoms with van der Waals surface area (Å²) in [6.07, 6.45) is 0.600. The van der Waals surface area contributed by atoms with E-state index in [1.54, 1.807) is 0 Å². The van der Waals surface area contributed by atoms with Crippen molar-refractivity contribution < 1.29 is 14.6 Å². The summed E-state index contributed by atoms with van der Waals surface area (Å²) in [5.41, 5.74) is 1.09. The van der Waals surface area contributed by atoms with Gasteiger partial charge in [0.05, 0.1) is 12.6 Å². The molecule has 0 aliphatic carbocycles. The van der Waals surface area contributed by atoms with Crippen LogP contribution in [0.3, 0.4) is 0 Å². The van der Waals surface area contributed by atoms with Crippen LogP contribution in [0.25, 0.3) is 0 Å². The number of rotatable bonds is 10. The Morgan fingerprint density at radius 3 is 2.26 bits per heavy atom. The average Bonchev–Trinajstić information content (AvgIpc) is 2.45. The maximum atomic E-state index is 9.43. The van der Waals surface area contributed by atoms with Crippen molar-refractivity contribution in [3.63, 3.8) is 0 Å². The van der Waals surface area contributed by atoms with Gasteiger partial charge in [0.15, 0.2) is 6.29 Å². The molecule has 1 aromatic carbocycles. The smallest absolute Gasteiger partial charge is 0.158 e.